The second-order valence-electron chi connectivity index (χ2n) is 7.24. The smallest absolute Gasteiger partial charge is 0.410 e. The molecule has 2 aromatic rings. The van der Waals surface area contributed by atoms with Gasteiger partial charge in [0.25, 0.3) is 0 Å². The average Bonchev–Trinajstić information content (AvgIpc) is 3.09. The van der Waals surface area contributed by atoms with E-state index >= 15 is 0 Å². The molecule has 2 heterocycles. The molecular formula is C18H24N4O2. The standard InChI is InChI=1S/C18H24N4O2/c1-17(2,3)24-16(23)22-11-9-18(10-12-22,15-19-13-20-21-15)14-7-5-4-6-8-14/h4-8,13H,9-12H2,1-3H3,(H,19,20,21). The molecule has 24 heavy (non-hydrogen) atoms. The highest BCUT2D eigenvalue weighted by Gasteiger charge is 2.42. The number of aromatic amines is 1. The summed E-state index contributed by atoms with van der Waals surface area (Å²) in [6.07, 6.45) is 2.90. The number of carbonyl (C=O) groups excluding carboxylic acids is 1. The lowest BCUT2D eigenvalue weighted by molar-refractivity contribution is 0.0177. The van der Waals surface area contributed by atoms with E-state index < -0.39 is 5.60 Å². The van der Waals surface area contributed by atoms with Crippen LogP contribution in [-0.4, -0.2) is 44.9 Å². The third-order valence-corrected chi connectivity index (χ3v) is 4.44. The molecule has 6 heteroatoms. The number of nitrogens with one attached hydrogen (secondary N) is 1. The first-order valence-electron chi connectivity index (χ1n) is 8.30. The van der Waals surface area contributed by atoms with Crippen LogP contribution in [0.25, 0.3) is 0 Å². The molecule has 0 aliphatic carbocycles. The van der Waals surface area contributed by atoms with Crippen LogP contribution in [0.5, 0.6) is 0 Å². The van der Waals surface area contributed by atoms with Crippen LogP contribution in [0.2, 0.25) is 0 Å². The van der Waals surface area contributed by atoms with Crippen molar-refractivity contribution in [2.24, 2.45) is 0 Å². The van der Waals surface area contributed by atoms with E-state index in [0.29, 0.717) is 13.1 Å². The minimum Gasteiger partial charge on any atom is -0.444 e. The number of hydrogen-bond acceptors (Lipinski definition) is 4. The number of carbonyl (C=O) groups is 1. The Kier molecular flexibility index (Phi) is 4.30. The zero-order valence-electron chi connectivity index (χ0n) is 14.5. The second kappa shape index (κ2) is 6.26. The van der Waals surface area contributed by atoms with Gasteiger partial charge in [-0.2, -0.15) is 5.10 Å². The van der Waals surface area contributed by atoms with Gasteiger partial charge >= 0.3 is 6.09 Å². The second-order valence-corrected chi connectivity index (χ2v) is 7.24. The van der Waals surface area contributed by atoms with Crippen LogP contribution in [0.3, 0.4) is 0 Å². The number of piperidine rings is 1. The molecule has 1 aliphatic rings. The number of ether oxygens (including phenoxy) is 1. The topological polar surface area (TPSA) is 71.1 Å². The Morgan fingerprint density at radius 2 is 1.88 bits per heavy atom. The van der Waals surface area contributed by atoms with E-state index in [1.165, 1.54) is 5.56 Å². The maximum atomic E-state index is 12.3. The summed E-state index contributed by atoms with van der Waals surface area (Å²) in [5.41, 5.74) is 0.447. The van der Waals surface area contributed by atoms with Gasteiger partial charge in [0, 0.05) is 13.1 Å². The number of likely N-dealkylation sites (tertiary alicyclic amines) is 1. The first-order chi connectivity index (χ1) is 11.4. The van der Waals surface area contributed by atoms with E-state index in [4.69, 9.17) is 4.74 Å². The molecule has 6 nitrogen and oxygen atoms in total. The average molecular weight is 328 g/mol. The summed E-state index contributed by atoms with van der Waals surface area (Å²) in [6.45, 7) is 6.90. The molecule has 1 aromatic heterocycles. The minimum absolute atomic E-state index is 0.251. The van der Waals surface area contributed by atoms with Crippen LogP contribution >= 0.6 is 0 Å². The summed E-state index contributed by atoms with van der Waals surface area (Å²) >= 11 is 0. The highest BCUT2D eigenvalue weighted by Crippen LogP contribution is 2.40. The quantitative estimate of drug-likeness (QED) is 0.919. The number of rotatable bonds is 2. The lowest BCUT2D eigenvalue weighted by atomic mass is 9.72. The molecule has 3 rings (SSSR count). The van der Waals surface area contributed by atoms with Gasteiger partial charge < -0.3 is 9.64 Å². The number of H-pyrrole nitrogens is 1. The van der Waals surface area contributed by atoms with Crippen molar-refractivity contribution >= 4 is 6.09 Å². The van der Waals surface area contributed by atoms with Gasteiger partial charge in [0.1, 0.15) is 11.9 Å². The number of aromatic nitrogens is 3. The van der Waals surface area contributed by atoms with Gasteiger partial charge in [-0.05, 0) is 39.2 Å². The predicted octanol–water partition coefficient (Wildman–Crippen LogP) is 3.12. The van der Waals surface area contributed by atoms with Crippen molar-refractivity contribution in [1.82, 2.24) is 20.1 Å². The molecule has 1 saturated heterocycles. The molecule has 0 atom stereocenters. The molecule has 0 unspecified atom stereocenters. The Bertz CT molecular complexity index is 669. The van der Waals surface area contributed by atoms with Gasteiger partial charge in [-0.3, -0.25) is 5.10 Å². The molecule has 0 bridgehead atoms. The number of amides is 1. The van der Waals surface area contributed by atoms with Crippen LogP contribution in [-0.2, 0) is 10.2 Å². The monoisotopic (exact) mass is 328 g/mol. The molecular weight excluding hydrogens is 304 g/mol. The van der Waals surface area contributed by atoms with Crippen LogP contribution in [0, 0.1) is 0 Å². The van der Waals surface area contributed by atoms with Gasteiger partial charge in [0.05, 0.1) is 5.41 Å². The van der Waals surface area contributed by atoms with Crippen LogP contribution in [0.4, 0.5) is 4.79 Å². The van der Waals surface area contributed by atoms with Crippen molar-refractivity contribution in [3.05, 3.63) is 48.0 Å². The fourth-order valence-corrected chi connectivity index (χ4v) is 3.24. The third-order valence-electron chi connectivity index (χ3n) is 4.44. The first kappa shape index (κ1) is 16.5. The zero-order valence-corrected chi connectivity index (χ0v) is 14.5. The Hall–Kier alpha value is -2.37. The highest BCUT2D eigenvalue weighted by atomic mass is 16.6. The number of benzene rings is 1. The number of hydrogen-bond donors (Lipinski definition) is 1. The summed E-state index contributed by atoms with van der Waals surface area (Å²) in [5, 5.41) is 7.17. The minimum atomic E-state index is -0.477. The molecule has 1 aliphatic heterocycles. The predicted molar refractivity (Wildman–Crippen MR) is 90.6 cm³/mol. The van der Waals surface area contributed by atoms with E-state index in [9.17, 15) is 4.79 Å². The molecule has 1 aromatic carbocycles. The van der Waals surface area contributed by atoms with Gasteiger partial charge in [0.2, 0.25) is 0 Å². The van der Waals surface area contributed by atoms with Crippen molar-refractivity contribution < 1.29 is 9.53 Å². The maximum Gasteiger partial charge on any atom is 0.410 e. The van der Waals surface area contributed by atoms with E-state index in [-0.39, 0.29) is 11.5 Å². The lowest BCUT2D eigenvalue weighted by Crippen LogP contribution is -2.47. The fraction of sp³-hybridized carbons (Fsp3) is 0.500. The summed E-state index contributed by atoms with van der Waals surface area (Å²) in [7, 11) is 0. The maximum absolute atomic E-state index is 12.3. The van der Waals surface area contributed by atoms with Crippen LogP contribution in [0.1, 0.15) is 45.0 Å². The zero-order chi connectivity index (χ0) is 17.2. The molecule has 0 radical (unpaired) electrons. The van der Waals surface area contributed by atoms with Crippen molar-refractivity contribution in [3.8, 4) is 0 Å². The van der Waals surface area contributed by atoms with Gasteiger partial charge in [-0.1, -0.05) is 30.3 Å². The third kappa shape index (κ3) is 3.27. The molecule has 128 valence electrons. The number of nitrogens with zero attached hydrogens (tertiary/aromatic N) is 3. The Labute approximate surface area is 142 Å². The summed E-state index contributed by atoms with van der Waals surface area (Å²) in [5.74, 6) is 0.789. The van der Waals surface area contributed by atoms with Gasteiger partial charge in [-0.25, -0.2) is 9.78 Å². The Balaban J connectivity index is 1.81. The van der Waals surface area contributed by atoms with Gasteiger partial charge in [-0.15, -0.1) is 0 Å². The Morgan fingerprint density at radius 1 is 1.21 bits per heavy atom. The van der Waals surface area contributed by atoms with E-state index in [2.05, 4.69) is 27.3 Å². The molecule has 0 saturated carbocycles. The first-order valence-corrected chi connectivity index (χ1v) is 8.30. The van der Waals surface area contributed by atoms with Crippen LogP contribution in [0.15, 0.2) is 36.7 Å². The van der Waals surface area contributed by atoms with Crippen molar-refractivity contribution in [2.75, 3.05) is 13.1 Å². The van der Waals surface area contributed by atoms with Crippen LogP contribution < -0.4 is 0 Å². The van der Waals surface area contributed by atoms with Crippen molar-refractivity contribution in [2.45, 2.75) is 44.6 Å². The molecule has 1 amide bonds. The van der Waals surface area contributed by atoms with E-state index in [0.717, 1.165) is 18.7 Å². The summed E-state index contributed by atoms with van der Waals surface area (Å²) in [6, 6.07) is 10.3. The Morgan fingerprint density at radius 3 is 2.42 bits per heavy atom. The lowest BCUT2D eigenvalue weighted by Gasteiger charge is -2.40. The normalized spacial score (nSPS) is 17.5. The van der Waals surface area contributed by atoms with Crippen molar-refractivity contribution in [3.63, 3.8) is 0 Å². The molecule has 1 N–H and O–H groups in total. The van der Waals surface area contributed by atoms with Gasteiger partial charge in [0.15, 0.2) is 5.82 Å². The molecule has 1 fully saturated rings. The molecule has 0 spiro atoms. The largest absolute Gasteiger partial charge is 0.444 e. The summed E-state index contributed by atoms with van der Waals surface area (Å²) in [4.78, 5) is 18.5. The SMILES string of the molecule is CC(C)(C)OC(=O)N1CCC(c2ccccc2)(c2nc[nH]n2)CC1. The van der Waals surface area contributed by atoms with E-state index in [1.807, 2.05) is 39.0 Å². The summed E-state index contributed by atoms with van der Waals surface area (Å²) < 4.78 is 5.49. The fourth-order valence-electron chi connectivity index (χ4n) is 3.24. The van der Waals surface area contributed by atoms with Crippen molar-refractivity contribution in [1.29, 1.82) is 0 Å². The highest BCUT2D eigenvalue weighted by molar-refractivity contribution is 5.68. The van der Waals surface area contributed by atoms with E-state index in [1.54, 1.807) is 11.2 Å².